The molecule has 2 aromatic rings. The van der Waals surface area contributed by atoms with Crippen molar-refractivity contribution in [3.8, 4) is 0 Å². The summed E-state index contributed by atoms with van der Waals surface area (Å²) in [6.07, 6.45) is 1.71. The van der Waals surface area contributed by atoms with Crippen molar-refractivity contribution in [1.82, 2.24) is 0 Å². The third-order valence-electron chi connectivity index (χ3n) is 4.28. The number of furan rings is 1. The Labute approximate surface area is 151 Å². The lowest BCUT2D eigenvalue weighted by Crippen LogP contribution is -3.28. The number of halogens is 2. The second-order valence-electron chi connectivity index (χ2n) is 6.11. The first-order chi connectivity index (χ1) is 11.6. The van der Waals surface area contributed by atoms with Crippen molar-refractivity contribution in [3.05, 3.63) is 52.4 Å². The molecule has 7 heteroatoms. The summed E-state index contributed by atoms with van der Waals surface area (Å²) in [5.74, 6) is 1.02. The first-order valence-corrected chi connectivity index (χ1v) is 8.80. The van der Waals surface area contributed by atoms with E-state index in [4.69, 9.17) is 27.6 Å². The summed E-state index contributed by atoms with van der Waals surface area (Å²) in [5.41, 5.74) is 0.677. The van der Waals surface area contributed by atoms with Gasteiger partial charge in [0.2, 0.25) is 0 Å². The third-order valence-corrected chi connectivity index (χ3v) is 5.02. The lowest BCUT2D eigenvalue weighted by Gasteiger charge is -2.28. The molecule has 1 aliphatic heterocycles. The van der Waals surface area contributed by atoms with Gasteiger partial charge in [-0.2, -0.15) is 0 Å². The standard InChI is InChI=1S/C17H19Cl2N3O2/c18-15-4-3-13(10-16(15)19)20-17(23)12-22-7-5-21(6-8-22)11-14-2-1-9-24-14/h1-4,9-10H,5-8,11-12H2,(H,20,23)/p+2. The number of amides is 1. The Bertz CT molecular complexity index is 683. The minimum atomic E-state index is -0.00197. The zero-order valence-corrected chi connectivity index (χ0v) is 14.8. The van der Waals surface area contributed by atoms with Crippen LogP contribution in [0.3, 0.4) is 0 Å². The molecule has 0 radical (unpaired) electrons. The highest BCUT2D eigenvalue weighted by Gasteiger charge is 2.25. The van der Waals surface area contributed by atoms with E-state index in [0.717, 1.165) is 38.5 Å². The number of hydrogen-bond acceptors (Lipinski definition) is 2. The second kappa shape index (κ2) is 8.03. The quantitative estimate of drug-likeness (QED) is 0.719. The molecule has 1 saturated heterocycles. The largest absolute Gasteiger partial charge is 0.463 e. The number of carbonyl (C=O) groups is 1. The monoisotopic (exact) mass is 369 g/mol. The van der Waals surface area contributed by atoms with Gasteiger partial charge in [-0.05, 0) is 30.3 Å². The van der Waals surface area contributed by atoms with Crippen LogP contribution in [-0.2, 0) is 11.3 Å². The van der Waals surface area contributed by atoms with Gasteiger partial charge in [-0.3, -0.25) is 4.79 Å². The van der Waals surface area contributed by atoms with E-state index < -0.39 is 0 Å². The molecule has 0 aliphatic carbocycles. The Balaban J connectivity index is 1.43. The van der Waals surface area contributed by atoms with Gasteiger partial charge in [0.25, 0.3) is 5.91 Å². The average molecular weight is 370 g/mol. The molecule has 3 N–H and O–H groups in total. The van der Waals surface area contributed by atoms with Crippen molar-refractivity contribution in [3.63, 3.8) is 0 Å². The second-order valence-corrected chi connectivity index (χ2v) is 6.92. The first kappa shape index (κ1) is 17.3. The lowest BCUT2D eigenvalue weighted by atomic mass is 10.3. The van der Waals surface area contributed by atoms with Gasteiger partial charge in [0.05, 0.1) is 16.3 Å². The maximum atomic E-state index is 12.2. The summed E-state index contributed by atoms with van der Waals surface area (Å²) in [6.45, 7) is 5.41. The van der Waals surface area contributed by atoms with Crippen LogP contribution in [-0.4, -0.2) is 38.6 Å². The molecule has 1 amide bonds. The Morgan fingerprint density at radius 2 is 1.83 bits per heavy atom. The van der Waals surface area contributed by atoms with Crippen LogP contribution in [0, 0.1) is 0 Å². The van der Waals surface area contributed by atoms with Crippen LogP contribution in [0.15, 0.2) is 41.0 Å². The topological polar surface area (TPSA) is 51.1 Å². The van der Waals surface area contributed by atoms with E-state index in [1.54, 1.807) is 24.5 Å². The van der Waals surface area contributed by atoms with Gasteiger partial charge in [-0.15, -0.1) is 0 Å². The highest BCUT2D eigenvalue weighted by molar-refractivity contribution is 6.42. The van der Waals surface area contributed by atoms with Crippen molar-refractivity contribution in [2.45, 2.75) is 6.54 Å². The Hall–Kier alpha value is -1.53. The number of hydrogen-bond donors (Lipinski definition) is 3. The summed E-state index contributed by atoms with van der Waals surface area (Å²) < 4.78 is 5.40. The number of anilines is 1. The van der Waals surface area contributed by atoms with Crippen molar-refractivity contribution in [2.24, 2.45) is 0 Å². The molecule has 1 fully saturated rings. The highest BCUT2D eigenvalue weighted by atomic mass is 35.5. The fourth-order valence-corrected chi connectivity index (χ4v) is 3.27. The minimum Gasteiger partial charge on any atom is -0.463 e. The molecule has 3 rings (SSSR count). The number of rotatable bonds is 5. The van der Waals surface area contributed by atoms with E-state index in [1.807, 2.05) is 12.1 Å². The van der Waals surface area contributed by atoms with Crippen molar-refractivity contribution in [1.29, 1.82) is 0 Å². The molecule has 0 saturated carbocycles. The molecule has 0 spiro atoms. The zero-order valence-electron chi connectivity index (χ0n) is 13.3. The van der Waals surface area contributed by atoms with E-state index >= 15 is 0 Å². The molecule has 2 heterocycles. The predicted molar refractivity (Wildman–Crippen MR) is 93.8 cm³/mol. The van der Waals surface area contributed by atoms with Gasteiger partial charge in [0, 0.05) is 5.69 Å². The van der Waals surface area contributed by atoms with E-state index in [2.05, 4.69) is 5.32 Å². The van der Waals surface area contributed by atoms with E-state index in [-0.39, 0.29) is 5.91 Å². The van der Waals surface area contributed by atoms with Crippen LogP contribution in [0.1, 0.15) is 5.76 Å². The number of quaternary nitrogens is 2. The molecule has 1 aromatic heterocycles. The summed E-state index contributed by atoms with van der Waals surface area (Å²) >= 11 is 11.8. The summed E-state index contributed by atoms with van der Waals surface area (Å²) in [5, 5.41) is 3.80. The van der Waals surface area contributed by atoms with Crippen LogP contribution >= 0.6 is 23.2 Å². The average Bonchev–Trinajstić information content (AvgIpc) is 3.06. The summed E-state index contributed by atoms with van der Waals surface area (Å²) in [6, 6.07) is 9.04. The Morgan fingerprint density at radius 1 is 1.08 bits per heavy atom. The fourth-order valence-electron chi connectivity index (χ4n) is 2.98. The van der Waals surface area contributed by atoms with Gasteiger partial charge >= 0.3 is 0 Å². The van der Waals surface area contributed by atoms with E-state index in [9.17, 15) is 4.79 Å². The van der Waals surface area contributed by atoms with Crippen LogP contribution in [0.5, 0.6) is 0 Å². The van der Waals surface area contributed by atoms with Crippen LogP contribution in [0.4, 0.5) is 5.69 Å². The van der Waals surface area contributed by atoms with Crippen molar-refractivity contribution < 1.29 is 19.0 Å². The molecule has 0 bridgehead atoms. The molecular weight excluding hydrogens is 349 g/mol. The third kappa shape index (κ3) is 4.74. The van der Waals surface area contributed by atoms with Gasteiger partial charge in [0.1, 0.15) is 32.7 Å². The van der Waals surface area contributed by atoms with Gasteiger partial charge in [0.15, 0.2) is 12.3 Å². The molecule has 1 aromatic carbocycles. The molecule has 5 nitrogen and oxygen atoms in total. The number of benzene rings is 1. The maximum Gasteiger partial charge on any atom is 0.279 e. The van der Waals surface area contributed by atoms with Crippen LogP contribution in [0.25, 0.3) is 0 Å². The highest BCUT2D eigenvalue weighted by Crippen LogP contribution is 2.24. The number of carbonyl (C=O) groups excluding carboxylic acids is 1. The molecule has 24 heavy (non-hydrogen) atoms. The zero-order chi connectivity index (χ0) is 16.9. The summed E-state index contributed by atoms with van der Waals surface area (Å²) in [7, 11) is 0. The van der Waals surface area contributed by atoms with Crippen molar-refractivity contribution >= 4 is 34.8 Å². The van der Waals surface area contributed by atoms with Gasteiger partial charge < -0.3 is 19.5 Å². The van der Waals surface area contributed by atoms with Crippen molar-refractivity contribution in [2.75, 3.05) is 38.0 Å². The first-order valence-electron chi connectivity index (χ1n) is 8.04. The molecule has 128 valence electrons. The lowest BCUT2D eigenvalue weighted by molar-refractivity contribution is -1.02. The smallest absolute Gasteiger partial charge is 0.279 e. The van der Waals surface area contributed by atoms with Crippen LogP contribution < -0.4 is 15.1 Å². The number of nitrogens with one attached hydrogen (secondary N) is 3. The Morgan fingerprint density at radius 3 is 2.50 bits per heavy atom. The van der Waals surface area contributed by atoms with Gasteiger partial charge in [-0.25, -0.2) is 0 Å². The SMILES string of the molecule is O=C(C[NH+]1CC[NH+](Cc2ccco2)CC1)Nc1ccc(Cl)c(Cl)c1. The fraction of sp³-hybridized carbons (Fsp3) is 0.353. The summed E-state index contributed by atoms with van der Waals surface area (Å²) in [4.78, 5) is 15.0. The van der Waals surface area contributed by atoms with E-state index in [1.165, 1.54) is 9.80 Å². The van der Waals surface area contributed by atoms with E-state index in [0.29, 0.717) is 22.3 Å². The molecular formula is C17H21Cl2N3O2+2. The maximum absolute atomic E-state index is 12.2. The Kier molecular flexibility index (Phi) is 5.79. The number of piperazine rings is 1. The normalized spacial score (nSPS) is 20.8. The predicted octanol–water partition coefficient (Wildman–Crippen LogP) is 0.509. The molecule has 0 unspecified atom stereocenters. The van der Waals surface area contributed by atoms with Gasteiger partial charge in [-0.1, -0.05) is 23.2 Å². The minimum absolute atomic E-state index is 0.00197. The van der Waals surface area contributed by atoms with Crippen LogP contribution in [0.2, 0.25) is 10.0 Å². The molecule has 0 atom stereocenters. The molecule has 1 aliphatic rings.